The van der Waals surface area contributed by atoms with Crippen molar-refractivity contribution >= 4 is 21.9 Å². The van der Waals surface area contributed by atoms with Crippen molar-refractivity contribution in [2.75, 3.05) is 0 Å². The van der Waals surface area contributed by atoms with Gasteiger partial charge in [0.15, 0.2) is 0 Å². The topological polar surface area (TPSA) is 83.6 Å². The third-order valence-corrected chi connectivity index (χ3v) is 2.80. The molecule has 0 amide bonds. The summed E-state index contributed by atoms with van der Waals surface area (Å²) >= 11 is 3.27. The average molecular weight is 298 g/mol. The summed E-state index contributed by atoms with van der Waals surface area (Å²) in [6, 6.07) is 6.85. The fourth-order valence-electron chi connectivity index (χ4n) is 1.41. The molecule has 0 aliphatic rings. The molecule has 0 unspecified atom stereocenters. The van der Waals surface area contributed by atoms with E-state index in [2.05, 4.69) is 25.6 Å². The predicted octanol–water partition coefficient (Wildman–Crippen LogP) is 2.22. The maximum Gasteiger partial charge on any atom is 0.341 e. The fourth-order valence-corrected chi connectivity index (χ4v) is 1.67. The van der Waals surface area contributed by atoms with Crippen molar-refractivity contribution in [1.82, 2.24) is 5.16 Å². The van der Waals surface area contributed by atoms with E-state index >= 15 is 0 Å². The van der Waals surface area contributed by atoms with Crippen LogP contribution in [-0.2, 0) is 0 Å². The highest BCUT2D eigenvalue weighted by Gasteiger charge is 2.22. The van der Waals surface area contributed by atoms with E-state index in [1.165, 1.54) is 0 Å². The molecule has 1 heterocycles. The van der Waals surface area contributed by atoms with E-state index in [-0.39, 0.29) is 11.3 Å². The Kier molecular flexibility index (Phi) is 3.26. The Hall–Kier alpha value is -1.66. The normalized spacial score (nSPS) is 12.4. The zero-order valence-corrected chi connectivity index (χ0v) is 10.1. The number of benzene rings is 1. The first kappa shape index (κ1) is 11.8. The van der Waals surface area contributed by atoms with Crippen LogP contribution in [0.3, 0.4) is 0 Å². The fraction of sp³-hybridized carbons (Fsp3) is 0.0909. The second-order valence-electron chi connectivity index (χ2n) is 3.37. The second kappa shape index (κ2) is 4.68. The van der Waals surface area contributed by atoms with Gasteiger partial charge >= 0.3 is 5.97 Å². The van der Waals surface area contributed by atoms with Crippen molar-refractivity contribution in [3.05, 3.63) is 51.8 Å². The number of aromatic nitrogens is 1. The van der Waals surface area contributed by atoms with E-state index in [1.807, 2.05) is 0 Å². The van der Waals surface area contributed by atoms with Gasteiger partial charge in [0, 0.05) is 4.47 Å². The second-order valence-corrected chi connectivity index (χ2v) is 4.29. The van der Waals surface area contributed by atoms with Crippen LogP contribution in [0.15, 0.2) is 39.5 Å². The monoisotopic (exact) mass is 297 g/mol. The summed E-state index contributed by atoms with van der Waals surface area (Å²) in [5.74, 6) is -1.18. The standard InChI is InChI=1S/C11H8BrNO4/c12-7-3-1-6(2-4-7)10(14)9-8(11(15)16)5-17-13-9/h1-5,10,14H,(H,15,16)/t10-/m0/s1. The van der Waals surface area contributed by atoms with Crippen LogP contribution < -0.4 is 0 Å². The molecule has 0 saturated heterocycles. The van der Waals surface area contributed by atoms with Crippen LogP contribution in [0.4, 0.5) is 0 Å². The van der Waals surface area contributed by atoms with Crippen LogP contribution in [0.2, 0.25) is 0 Å². The molecule has 0 saturated carbocycles. The Morgan fingerprint density at radius 2 is 2.00 bits per heavy atom. The maximum absolute atomic E-state index is 10.9. The largest absolute Gasteiger partial charge is 0.478 e. The summed E-state index contributed by atoms with van der Waals surface area (Å²) in [5, 5.41) is 22.4. The molecule has 1 atom stereocenters. The van der Waals surface area contributed by atoms with Crippen molar-refractivity contribution < 1.29 is 19.5 Å². The van der Waals surface area contributed by atoms with Crippen molar-refractivity contribution in [3.8, 4) is 0 Å². The van der Waals surface area contributed by atoms with E-state index in [1.54, 1.807) is 24.3 Å². The summed E-state index contributed by atoms with van der Waals surface area (Å²) in [6.45, 7) is 0. The Morgan fingerprint density at radius 3 is 2.59 bits per heavy atom. The molecule has 2 N–H and O–H groups in total. The lowest BCUT2D eigenvalue weighted by Gasteiger charge is -2.08. The van der Waals surface area contributed by atoms with Gasteiger partial charge in [0.05, 0.1) is 0 Å². The molecule has 5 nitrogen and oxygen atoms in total. The molecule has 6 heteroatoms. The number of halogens is 1. The van der Waals surface area contributed by atoms with Gasteiger partial charge < -0.3 is 14.7 Å². The third kappa shape index (κ3) is 2.37. The highest BCUT2D eigenvalue weighted by atomic mass is 79.9. The average Bonchev–Trinajstić information content (AvgIpc) is 2.78. The number of carbonyl (C=O) groups is 1. The van der Waals surface area contributed by atoms with Crippen LogP contribution in [0.1, 0.15) is 27.7 Å². The molecule has 0 fully saturated rings. The minimum absolute atomic E-state index is 0.000164. The molecule has 1 aromatic heterocycles. The molecule has 2 aromatic rings. The minimum atomic E-state index is -1.18. The Morgan fingerprint density at radius 1 is 1.35 bits per heavy atom. The SMILES string of the molecule is O=C(O)c1conc1[C@@H](O)c1ccc(Br)cc1. The lowest BCUT2D eigenvalue weighted by atomic mass is 10.0. The molecule has 0 spiro atoms. The molecule has 88 valence electrons. The first-order valence-electron chi connectivity index (χ1n) is 4.70. The number of hydrogen-bond acceptors (Lipinski definition) is 4. The van der Waals surface area contributed by atoms with Gasteiger partial charge in [-0.15, -0.1) is 0 Å². The van der Waals surface area contributed by atoms with Gasteiger partial charge in [-0.3, -0.25) is 0 Å². The zero-order valence-electron chi connectivity index (χ0n) is 8.50. The number of rotatable bonds is 3. The summed E-state index contributed by atoms with van der Waals surface area (Å²) in [5.41, 5.74) is 0.407. The highest BCUT2D eigenvalue weighted by Crippen LogP contribution is 2.25. The number of aliphatic hydroxyl groups excluding tert-OH is 1. The molecule has 0 bridgehead atoms. The smallest absolute Gasteiger partial charge is 0.341 e. The van der Waals surface area contributed by atoms with Gasteiger partial charge in [-0.25, -0.2) is 4.79 Å². The predicted molar refractivity (Wildman–Crippen MR) is 61.7 cm³/mol. The molecule has 0 aliphatic heterocycles. The van der Waals surface area contributed by atoms with Gasteiger partial charge in [-0.2, -0.15) is 0 Å². The highest BCUT2D eigenvalue weighted by molar-refractivity contribution is 9.10. The van der Waals surface area contributed by atoms with Gasteiger partial charge in [0.1, 0.15) is 23.6 Å². The third-order valence-electron chi connectivity index (χ3n) is 2.27. The summed E-state index contributed by atoms with van der Waals surface area (Å²) in [7, 11) is 0. The van der Waals surface area contributed by atoms with Crippen molar-refractivity contribution in [1.29, 1.82) is 0 Å². The number of aromatic carboxylic acids is 1. The Bertz CT molecular complexity index is 535. The number of hydrogen-bond donors (Lipinski definition) is 2. The van der Waals surface area contributed by atoms with E-state index < -0.39 is 12.1 Å². The summed E-state index contributed by atoms with van der Waals surface area (Å²) in [6.07, 6.45) is -0.118. The van der Waals surface area contributed by atoms with Crippen molar-refractivity contribution in [2.24, 2.45) is 0 Å². The van der Waals surface area contributed by atoms with Crippen LogP contribution in [0.5, 0.6) is 0 Å². The van der Waals surface area contributed by atoms with E-state index in [9.17, 15) is 9.90 Å². The lowest BCUT2D eigenvalue weighted by Crippen LogP contribution is -2.06. The number of aliphatic hydroxyl groups is 1. The summed E-state index contributed by atoms with van der Waals surface area (Å²) in [4.78, 5) is 10.9. The first-order chi connectivity index (χ1) is 8.09. The Balaban J connectivity index is 2.36. The van der Waals surface area contributed by atoms with Crippen molar-refractivity contribution in [2.45, 2.75) is 6.10 Å². The molecule has 2 rings (SSSR count). The molecule has 17 heavy (non-hydrogen) atoms. The molecule has 1 aromatic carbocycles. The van der Waals surface area contributed by atoms with Crippen LogP contribution in [0.25, 0.3) is 0 Å². The van der Waals surface area contributed by atoms with Crippen LogP contribution >= 0.6 is 15.9 Å². The van der Waals surface area contributed by atoms with E-state index in [0.29, 0.717) is 5.56 Å². The van der Waals surface area contributed by atoms with Crippen LogP contribution in [0, 0.1) is 0 Å². The minimum Gasteiger partial charge on any atom is -0.478 e. The molecular weight excluding hydrogens is 290 g/mol. The number of nitrogens with zero attached hydrogens (tertiary/aromatic N) is 1. The lowest BCUT2D eigenvalue weighted by molar-refractivity contribution is 0.0691. The first-order valence-corrected chi connectivity index (χ1v) is 5.50. The van der Waals surface area contributed by atoms with Crippen molar-refractivity contribution in [3.63, 3.8) is 0 Å². The van der Waals surface area contributed by atoms with Gasteiger partial charge in [-0.05, 0) is 17.7 Å². The quantitative estimate of drug-likeness (QED) is 0.907. The van der Waals surface area contributed by atoms with Gasteiger partial charge in [0.25, 0.3) is 0 Å². The zero-order chi connectivity index (χ0) is 12.4. The van der Waals surface area contributed by atoms with E-state index in [0.717, 1.165) is 10.7 Å². The van der Waals surface area contributed by atoms with Crippen LogP contribution in [-0.4, -0.2) is 21.3 Å². The van der Waals surface area contributed by atoms with Gasteiger partial charge in [-0.1, -0.05) is 33.2 Å². The number of carboxylic acid groups (broad SMARTS) is 1. The molecular formula is C11H8BrNO4. The summed E-state index contributed by atoms with van der Waals surface area (Å²) < 4.78 is 5.44. The van der Waals surface area contributed by atoms with Gasteiger partial charge in [0.2, 0.25) is 0 Å². The molecule has 0 radical (unpaired) electrons. The maximum atomic E-state index is 10.9. The van der Waals surface area contributed by atoms with E-state index in [4.69, 9.17) is 5.11 Å². The molecule has 0 aliphatic carbocycles. The Labute approximate surface area is 105 Å². The number of carboxylic acids is 1.